The zero-order chi connectivity index (χ0) is 27.5. The summed E-state index contributed by atoms with van der Waals surface area (Å²) in [6, 6.07) is 2.61. The highest BCUT2D eigenvalue weighted by molar-refractivity contribution is 7.73. The van der Waals surface area contributed by atoms with Crippen molar-refractivity contribution in [3.8, 4) is 0 Å². The molecule has 0 saturated carbocycles. The Labute approximate surface area is 215 Å². The van der Waals surface area contributed by atoms with Crippen molar-refractivity contribution in [2.45, 2.75) is 12.5 Å². The third-order valence-electron chi connectivity index (χ3n) is 4.93. The van der Waals surface area contributed by atoms with Gasteiger partial charge >= 0.3 is 12.1 Å². The fourth-order valence-corrected chi connectivity index (χ4v) is 3.78. The molecule has 1 aromatic carbocycles. The Bertz CT molecular complexity index is 1230. The second kappa shape index (κ2) is 13.8. The van der Waals surface area contributed by atoms with Crippen LogP contribution in [-0.2, 0) is 29.4 Å². The average molecular weight is 534 g/mol. The number of likely N-dealkylation sites (tertiary alicyclic amines) is 1. The third kappa shape index (κ3) is 7.88. The second-order valence-corrected chi connectivity index (χ2v) is 8.60. The number of carbonyl (C=O) groups is 4. The van der Waals surface area contributed by atoms with Crippen LogP contribution in [0, 0.1) is 0 Å². The van der Waals surface area contributed by atoms with Gasteiger partial charge in [0.25, 0.3) is 5.91 Å². The molecule has 12 nitrogen and oxygen atoms in total. The van der Waals surface area contributed by atoms with Crippen molar-refractivity contribution in [3.63, 3.8) is 0 Å². The van der Waals surface area contributed by atoms with Gasteiger partial charge in [0.15, 0.2) is 0 Å². The van der Waals surface area contributed by atoms with Crippen molar-refractivity contribution < 1.29 is 41.9 Å². The van der Waals surface area contributed by atoms with Crippen LogP contribution in [0.2, 0.25) is 0 Å². The van der Waals surface area contributed by atoms with E-state index in [4.69, 9.17) is 14.3 Å². The number of esters is 1. The molecule has 198 valence electrons. The smallest absolute Gasteiger partial charge is 0.411 e. The first-order chi connectivity index (χ1) is 17.6. The Morgan fingerprint density at radius 3 is 2.27 bits per heavy atom. The van der Waals surface area contributed by atoms with E-state index in [1.54, 1.807) is 0 Å². The normalized spacial score (nSPS) is 14.4. The molecule has 0 aliphatic carbocycles. The highest BCUT2D eigenvalue weighted by atomic mass is 32.2. The Morgan fingerprint density at radius 1 is 1.03 bits per heavy atom. The third-order valence-corrected chi connectivity index (χ3v) is 5.70. The standard InChI is InChI=1S/C24H27N3O9S/c1-5-8-34-23(30)17-11-16(22(29)26(4)36-10-7-3)12-18(13-17)25-21(28)20-14-19(37(32)33)15-27(20)24(31)35-9-6-2/h5-7,11-13,20H,1-3,8-10,14-15H2,4H3,(H,25,28)/t20-/m0/s1. The topological polar surface area (TPSA) is 149 Å². The Balaban J connectivity index is 2.40. The van der Waals surface area contributed by atoms with E-state index < -0.39 is 40.2 Å². The van der Waals surface area contributed by atoms with Crippen molar-refractivity contribution in [1.29, 1.82) is 0 Å². The number of benzene rings is 1. The van der Waals surface area contributed by atoms with Crippen molar-refractivity contribution in [2.24, 2.45) is 0 Å². The molecule has 2 rings (SSSR count). The maximum atomic E-state index is 13.1. The molecule has 1 N–H and O–H groups in total. The quantitative estimate of drug-likeness (QED) is 0.194. The van der Waals surface area contributed by atoms with E-state index in [1.807, 2.05) is 0 Å². The predicted molar refractivity (Wildman–Crippen MR) is 134 cm³/mol. The number of hydrogen-bond donors (Lipinski definition) is 1. The lowest BCUT2D eigenvalue weighted by Gasteiger charge is -2.23. The predicted octanol–water partition coefficient (Wildman–Crippen LogP) is 1.61. The summed E-state index contributed by atoms with van der Waals surface area (Å²) in [5.74, 6) is -2.18. The largest absolute Gasteiger partial charge is 0.458 e. The minimum atomic E-state index is -2.62. The molecule has 1 aliphatic heterocycles. The van der Waals surface area contributed by atoms with Crippen LogP contribution >= 0.6 is 0 Å². The highest BCUT2D eigenvalue weighted by Gasteiger charge is 2.39. The van der Waals surface area contributed by atoms with E-state index in [-0.39, 0.29) is 54.5 Å². The van der Waals surface area contributed by atoms with Gasteiger partial charge in [-0.05, 0) is 18.2 Å². The zero-order valence-electron chi connectivity index (χ0n) is 20.2. The molecule has 1 atom stereocenters. The zero-order valence-corrected chi connectivity index (χ0v) is 21.0. The molecule has 0 bridgehead atoms. The first-order valence-electron chi connectivity index (χ1n) is 10.9. The lowest BCUT2D eigenvalue weighted by molar-refractivity contribution is -0.120. The van der Waals surface area contributed by atoms with Crippen LogP contribution in [0.5, 0.6) is 0 Å². The summed E-state index contributed by atoms with van der Waals surface area (Å²) in [5.41, 5.74) is -0.0483. The SMILES string of the molecule is C=CCOC(=O)c1cc(NC(=O)[C@@H]2CC(=S(=O)=O)CN2C(=O)OCC=C)cc(C(=O)N(C)OCC=C)c1. The number of rotatable bonds is 11. The van der Waals surface area contributed by atoms with Gasteiger partial charge in [-0.3, -0.25) is 19.3 Å². The molecule has 1 heterocycles. The van der Waals surface area contributed by atoms with Crippen LogP contribution in [0.4, 0.5) is 10.5 Å². The number of carbonyl (C=O) groups excluding carboxylic acids is 4. The number of nitrogens with zero attached hydrogens (tertiary/aromatic N) is 2. The fourth-order valence-electron chi connectivity index (χ4n) is 3.24. The van der Waals surface area contributed by atoms with Crippen molar-refractivity contribution >= 4 is 44.7 Å². The summed E-state index contributed by atoms with van der Waals surface area (Å²) in [5, 5.41) is 3.47. The molecule has 37 heavy (non-hydrogen) atoms. The lowest BCUT2D eigenvalue weighted by Crippen LogP contribution is -2.43. The van der Waals surface area contributed by atoms with E-state index >= 15 is 0 Å². The lowest BCUT2D eigenvalue weighted by atomic mass is 10.1. The summed E-state index contributed by atoms with van der Waals surface area (Å²) in [6.07, 6.45) is 2.97. The minimum Gasteiger partial charge on any atom is -0.458 e. The van der Waals surface area contributed by atoms with Gasteiger partial charge in [0.1, 0.15) is 19.3 Å². The van der Waals surface area contributed by atoms with Crippen LogP contribution in [0.3, 0.4) is 0 Å². The molecule has 3 amide bonds. The summed E-state index contributed by atoms with van der Waals surface area (Å²) < 4.78 is 33.0. The van der Waals surface area contributed by atoms with Gasteiger partial charge < -0.3 is 14.8 Å². The molecule has 1 aliphatic rings. The van der Waals surface area contributed by atoms with E-state index in [1.165, 1.54) is 43.5 Å². The molecule has 0 aromatic heterocycles. The molecular formula is C24H27N3O9S. The first-order valence-corrected chi connectivity index (χ1v) is 11.9. The maximum absolute atomic E-state index is 13.1. The van der Waals surface area contributed by atoms with Crippen LogP contribution in [0.25, 0.3) is 0 Å². The second-order valence-electron chi connectivity index (χ2n) is 7.55. The van der Waals surface area contributed by atoms with Gasteiger partial charge in [-0.25, -0.2) is 14.7 Å². The average Bonchev–Trinajstić information content (AvgIpc) is 3.34. The van der Waals surface area contributed by atoms with Crippen molar-refractivity contribution in [1.82, 2.24) is 9.96 Å². The molecule has 1 saturated heterocycles. The Hall–Kier alpha value is -4.23. The highest BCUT2D eigenvalue weighted by Crippen LogP contribution is 2.22. The van der Waals surface area contributed by atoms with Gasteiger partial charge in [-0.2, -0.15) is 8.42 Å². The summed E-state index contributed by atoms with van der Waals surface area (Å²) in [6.45, 7) is 9.91. The van der Waals surface area contributed by atoms with Gasteiger partial charge in [0.2, 0.25) is 16.2 Å². The molecule has 1 aromatic rings. The Kier molecular flexibility index (Phi) is 10.8. The van der Waals surface area contributed by atoms with E-state index in [9.17, 15) is 27.6 Å². The monoisotopic (exact) mass is 533 g/mol. The van der Waals surface area contributed by atoms with Crippen LogP contribution in [0.15, 0.2) is 56.2 Å². The van der Waals surface area contributed by atoms with E-state index in [2.05, 4.69) is 25.1 Å². The van der Waals surface area contributed by atoms with Crippen molar-refractivity contribution in [2.75, 3.05) is 38.7 Å². The van der Waals surface area contributed by atoms with Gasteiger partial charge in [0.05, 0.1) is 23.6 Å². The number of hydrogen-bond acceptors (Lipinski definition) is 9. The fraction of sp³-hybridized carbons (Fsp3) is 0.292. The van der Waals surface area contributed by atoms with Crippen LogP contribution < -0.4 is 5.32 Å². The number of hydroxylamine groups is 2. The maximum Gasteiger partial charge on any atom is 0.411 e. The minimum absolute atomic E-state index is 0.0171. The number of amides is 3. The van der Waals surface area contributed by atoms with E-state index in [0.717, 1.165) is 9.96 Å². The van der Waals surface area contributed by atoms with Gasteiger partial charge in [0, 0.05) is 24.7 Å². The molecule has 0 unspecified atom stereocenters. The molecule has 1 fully saturated rings. The molecule has 0 spiro atoms. The van der Waals surface area contributed by atoms with Gasteiger partial charge in [-0.1, -0.05) is 31.4 Å². The van der Waals surface area contributed by atoms with E-state index in [0.29, 0.717) is 0 Å². The number of ether oxygens (including phenoxy) is 2. The van der Waals surface area contributed by atoms with Crippen LogP contribution in [-0.4, -0.2) is 86.6 Å². The van der Waals surface area contributed by atoms with Gasteiger partial charge in [-0.15, -0.1) is 6.58 Å². The number of nitrogens with one attached hydrogen (secondary N) is 1. The molecule has 13 heteroatoms. The summed E-state index contributed by atoms with van der Waals surface area (Å²) in [7, 11) is -1.26. The molecule has 0 radical (unpaired) electrons. The first kappa shape index (κ1) is 29.0. The number of anilines is 1. The summed E-state index contributed by atoms with van der Waals surface area (Å²) in [4.78, 5) is 56.9. The molecular weight excluding hydrogens is 506 g/mol. The van der Waals surface area contributed by atoms with Crippen LogP contribution in [0.1, 0.15) is 27.1 Å². The Morgan fingerprint density at radius 2 is 1.65 bits per heavy atom. The van der Waals surface area contributed by atoms with Crippen molar-refractivity contribution in [3.05, 3.63) is 67.3 Å². The summed E-state index contributed by atoms with van der Waals surface area (Å²) >= 11 is 0.